The molecule has 0 aliphatic heterocycles. The zero-order chi connectivity index (χ0) is 12.3. The summed E-state index contributed by atoms with van der Waals surface area (Å²) in [4.78, 5) is 4.19. The zero-order valence-electron chi connectivity index (χ0n) is 9.68. The summed E-state index contributed by atoms with van der Waals surface area (Å²) in [5.41, 5.74) is 0. The van der Waals surface area contributed by atoms with E-state index in [1.807, 2.05) is 35.8 Å². The highest BCUT2D eigenvalue weighted by atomic mass is 79.9. The average Bonchev–Trinajstić information content (AvgIpc) is 2.71. The summed E-state index contributed by atoms with van der Waals surface area (Å²) in [6.45, 7) is 2.83. The first-order chi connectivity index (χ1) is 8.24. The van der Waals surface area contributed by atoms with Crippen LogP contribution in [0.25, 0.3) is 0 Å². The summed E-state index contributed by atoms with van der Waals surface area (Å²) in [5, 5.41) is 0. The van der Waals surface area contributed by atoms with Crippen LogP contribution >= 0.6 is 15.9 Å². The minimum Gasteiger partial charge on any atom is -0.497 e. The molecule has 0 aliphatic rings. The monoisotopic (exact) mass is 296 g/mol. The maximum absolute atomic E-state index is 5.69. The van der Waals surface area contributed by atoms with Crippen molar-refractivity contribution in [1.29, 1.82) is 0 Å². The highest BCUT2D eigenvalue weighted by molar-refractivity contribution is 9.10. The molecule has 0 fully saturated rings. The smallest absolute Gasteiger partial charge is 0.302 e. The van der Waals surface area contributed by atoms with Gasteiger partial charge in [0.15, 0.2) is 0 Å². The van der Waals surface area contributed by atoms with E-state index in [1.165, 1.54) is 0 Å². The van der Waals surface area contributed by atoms with Crippen molar-refractivity contribution in [2.24, 2.45) is 0 Å². The summed E-state index contributed by atoms with van der Waals surface area (Å²) < 4.78 is 13.6. The second-order valence-electron chi connectivity index (χ2n) is 3.39. The molecule has 2 rings (SSSR count). The molecule has 0 N–H and O–H groups in total. The number of aromatic nitrogens is 2. The zero-order valence-corrected chi connectivity index (χ0v) is 11.3. The number of rotatable bonds is 4. The number of ether oxygens (including phenoxy) is 2. The van der Waals surface area contributed by atoms with Crippen molar-refractivity contribution in [2.45, 2.75) is 13.5 Å². The Labute approximate surface area is 108 Å². The van der Waals surface area contributed by atoms with Crippen molar-refractivity contribution in [2.75, 3.05) is 7.11 Å². The Morgan fingerprint density at radius 1 is 1.24 bits per heavy atom. The fourth-order valence-corrected chi connectivity index (χ4v) is 1.96. The minimum atomic E-state index is 0.574. The molecular formula is C12H13BrN2O2. The molecule has 0 radical (unpaired) electrons. The number of hydrogen-bond donors (Lipinski definition) is 0. The van der Waals surface area contributed by atoms with Crippen LogP contribution in [0.1, 0.15) is 6.92 Å². The van der Waals surface area contributed by atoms with E-state index in [2.05, 4.69) is 20.9 Å². The van der Waals surface area contributed by atoms with Gasteiger partial charge in [-0.15, -0.1) is 0 Å². The number of nitrogens with zero attached hydrogens (tertiary/aromatic N) is 2. The van der Waals surface area contributed by atoms with Gasteiger partial charge in [0.2, 0.25) is 0 Å². The van der Waals surface area contributed by atoms with Crippen molar-refractivity contribution in [3.8, 4) is 17.5 Å². The standard InChI is InChI=1S/C12H13BrN2O2/c1-3-15-11(13)8-14-12(15)17-10-6-4-9(16-2)5-7-10/h4-8H,3H2,1-2H3. The lowest BCUT2D eigenvalue weighted by atomic mass is 10.3. The van der Waals surface area contributed by atoms with Crippen molar-refractivity contribution in [3.63, 3.8) is 0 Å². The Hall–Kier alpha value is -1.49. The van der Waals surface area contributed by atoms with Crippen molar-refractivity contribution >= 4 is 15.9 Å². The molecule has 4 nitrogen and oxygen atoms in total. The molecule has 0 unspecified atom stereocenters. The highest BCUT2D eigenvalue weighted by Gasteiger charge is 2.08. The van der Waals surface area contributed by atoms with Crippen LogP contribution in [0.2, 0.25) is 0 Å². The molecule has 0 bridgehead atoms. The van der Waals surface area contributed by atoms with Gasteiger partial charge in [-0.3, -0.25) is 4.57 Å². The van der Waals surface area contributed by atoms with E-state index in [0.29, 0.717) is 6.01 Å². The van der Waals surface area contributed by atoms with Gasteiger partial charge in [0.25, 0.3) is 0 Å². The van der Waals surface area contributed by atoms with E-state index in [9.17, 15) is 0 Å². The number of hydrogen-bond acceptors (Lipinski definition) is 3. The van der Waals surface area contributed by atoms with E-state index >= 15 is 0 Å². The van der Waals surface area contributed by atoms with Gasteiger partial charge >= 0.3 is 6.01 Å². The Kier molecular flexibility index (Phi) is 3.68. The van der Waals surface area contributed by atoms with Crippen LogP contribution in [-0.4, -0.2) is 16.7 Å². The van der Waals surface area contributed by atoms with Crippen LogP contribution in [0.4, 0.5) is 0 Å². The van der Waals surface area contributed by atoms with E-state index in [4.69, 9.17) is 9.47 Å². The Morgan fingerprint density at radius 2 is 1.88 bits per heavy atom. The topological polar surface area (TPSA) is 36.3 Å². The first kappa shape index (κ1) is 12.0. The fraction of sp³-hybridized carbons (Fsp3) is 0.250. The molecule has 1 heterocycles. The van der Waals surface area contributed by atoms with Crippen LogP contribution in [0.5, 0.6) is 17.5 Å². The van der Waals surface area contributed by atoms with Gasteiger partial charge in [0, 0.05) is 6.54 Å². The van der Waals surface area contributed by atoms with Gasteiger partial charge in [0.1, 0.15) is 16.1 Å². The molecule has 5 heteroatoms. The molecule has 17 heavy (non-hydrogen) atoms. The molecule has 0 saturated heterocycles. The van der Waals surface area contributed by atoms with Crippen molar-refractivity contribution in [3.05, 3.63) is 35.1 Å². The molecule has 2 aromatic rings. The van der Waals surface area contributed by atoms with Crippen molar-refractivity contribution < 1.29 is 9.47 Å². The van der Waals surface area contributed by atoms with Gasteiger partial charge < -0.3 is 9.47 Å². The molecule has 90 valence electrons. The second kappa shape index (κ2) is 5.23. The predicted molar refractivity (Wildman–Crippen MR) is 68.7 cm³/mol. The summed E-state index contributed by atoms with van der Waals surface area (Å²) in [6, 6.07) is 7.97. The van der Waals surface area contributed by atoms with E-state index in [1.54, 1.807) is 13.3 Å². The Morgan fingerprint density at radius 3 is 2.47 bits per heavy atom. The largest absolute Gasteiger partial charge is 0.497 e. The molecule has 0 saturated carbocycles. The first-order valence-electron chi connectivity index (χ1n) is 5.27. The van der Waals surface area contributed by atoms with Crippen LogP contribution in [0.15, 0.2) is 35.1 Å². The number of methoxy groups -OCH3 is 1. The van der Waals surface area contributed by atoms with Gasteiger partial charge in [-0.05, 0) is 47.1 Å². The number of imidazole rings is 1. The van der Waals surface area contributed by atoms with Crippen LogP contribution in [-0.2, 0) is 6.54 Å². The molecule has 0 aliphatic carbocycles. The van der Waals surface area contributed by atoms with Crippen LogP contribution in [0.3, 0.4) is 0 Å². The second-order valence-corrected chi connectivity index (χ2v) is 4.20. The Balaban J connectivity index is 2.19. The maximum Gasteiger partial charge on any atom is 0.302 e. The molecule has 0 amide bonds. The third-order valence-electron chi connectivity index (χ3n) is 2.36. The van der Waals surface area contributed by atoms with Gasteiger partial charge in [-0.2, -0.15) is 0 Å². The van der Waals surface area contributed by atoms with Gasteiger partial charge in [0.05, 0.1) is 13.3 Å². The van der Waals surface area contributed by atoms with E-state index < -0.39 is 0 Å². The number of halogens is 1. The van der Waals surface area contributed by atoms with Crippen LogP contribution in [0, 0.1) is 0 Å². The third-order valence-corrected chi connectivity index (χ3v) is 2.99. The van der Waals surface area contributed by atoms with E-state index in [-0.39, 0.29) is 0 Å². The lowest BCUT2D eigenvalue weighted by molar-refractivity contribution is 0.403. The summed E-state index contributed by atoms with van der Waals surface area (Å²) >= 11 is 3.41. The maximum atomic E-state index is 5.69. The SMILES string of the molecule is CCn1c(Br)cnc1Oc1ccc(OC)cc1. The van der Waals surface area contributed by atoms with Crippen LogP contribution < -0.4 is 9.47 Å². The summed E-state index contributed by atoms with van der Waals surface area (Å²) in [7, 11) is 1.64. The molecule has 0 spiro atoms. The molecule has 1 aromatic heterocycles. The lowest BCUT2D eigenvalue weighted by Gasteiger charge is -2.08. The normalized spacial score (nSPS) is 10.3. The number of benzene rings is 1. The molecule has 1 aromatic carbocycles. The highest BCUT2D eigenvalue weighted by Crippen LogP contribution is 2.25. The van der Waals surface area contributed by atoms with Crippen molar-refractivity contribution in [1.82, 2.24) is 9.55 Å². The Bertz CT molecular complexity index is 494. The summed E-state index contributed by atoms with van der Waals surface area (Å²) in [6.07, 6.45) is 1.72. The average molecular weight is 297 g/mol. The molecule has 0 atom stereocenters. The fourth-order valence-electron chi connectivity index (χ4n) is 1.46. The molecular weight excluding hydrogens is 284 g/mol. The van der Waals surface area contributed by atoms with E-state index in [0.717, 1.165) is 22.6 Å². The quantitative estimate of drug-likeness (QED) is 0.867. The summed E-state index contributed by atoms with van der Waals surface area (Å²) in [5.74, 6) is 1.54. The van der Waals surface area contributed by atoms with Gasteiger partial charge in [-0.25, -0.2) is 4.98 Å². The van der Waals surface area contributed by atoms with Gasteiger partial charge in [-0.1, -0.05) is 0 Å². The third kappa shape index (κ3) is 2.61. The predicted octanol–water partition coefficient (Wildman–Crippen LogP) is 3.47. The lowest BCUT2D eigenvalue weighted by Crippen LogP contribution is -1.98. The minimum absolute atomic E-state index is 0.574. The first-order valence-corrected chi connectivity index (χ1v) is 6.06.